The summed E-state index contributed by atoms with van der Waals surface area (Å²) in [6.07, 6.45) is 7.42. The van der Waals surface area contributed by atoms with Crippen molar-refractivity contribution in [3.63, 3.8) is 0 Å². The molecule has 0 aliphatic carbocycles. The van der Waals surface area contributed by atoms with E-state index >= 15 is 0 Å². The minimum absolute atomic E-state index is 0.0666. The molecule has 19 nitrogen and oxygen atoms in total. The molecule has 0 radical (unpaired) electrons. The largest absolute Gasteiger partial charge is 0.486 e. The molecule has 1 rings (SSSR count). The average Bonchev–Trinajstić information content (AvgIpc) is 3.07. The number of carbonyl (C=O) groups is 7. The SMILES string of the molecule is NNC(=O)C(N)CCCCCCCCCC(=O)COc1ccc(CC(CN(CCN(CC(=O)O)CC(=O)O)CC(=O)O)N(CC(=O)O)CC(=O)O)cc1. The summed E-state index contributed by atoms with van der Waals surface area (Å²) in [5, 5.41) is 46.8. The second kappa shape index (κ2) is 26.1. The number of hydrazine groups is 1. The second-order valence-corrected chi connectivity index (χ2v) is 12.8. The van der Waals surface area contributed by atoms with Gasteiger partial charge in [-0.05, 0) is 37.0 Å². The van der Waals surface area contributed by atoms with Gasteiger partial charge >= 0.3 is 29.8 Å². The van der Waals surface area contributed by atoms with Gasteiger partial charge in [-0.2, -0.15) is 0 Å². The standard InChI is InChI=1S/C34H54N6O13/c35-28(34(52)37-36)9-7-5-3-1-2-4-6-8-26(41)23-53-27-12-10-24(11-13-27)16-25(40(21-32(48)49)22-33(50)51)17-38(18-29(42)43)14-15-39(19-30(44)45)20-31(46)47/h10-13,25,28H,1-9,14-23,35-36H2,(H,37,52)(H,42,43)(H,44,45)(H,46,47)(H,48,49)(H,50,51). The van der Waals surface area contributed by atoms with E-state index in [4.69, 9.17) is 26.5 Å². The fourth-order valence-corrected chi connectivity index (χ4v) is 5.61. The highest BCUT2D eigenvalue weighted by molar-refractivity contribution is 5.81. The highest BCUT2D eigenvalue weighted by Gasteiger charge is 2.27. The van der Waals surface area contributed by atoms with E-state index in [2.05, 4.69) is 0 Å². The van der Waals surface area contributed by atoms with Gasteiger partial charge in [-0.15, -0.1) is 0 Å². The lowest BCUT2D eigenvalue weighted by Gasteiger charge is -2.34. The van der Waals surface area contributed by atoms with Crippen molar-refractivity contribution in [1.82, 2.24) is 20.1 Å². The predicted octanol–water partition coefficient (Wildman–Crippen LogP) is -0.297. The number of benzene rings is 1. The van der Waals surface area contributed by atoms with Gasteiger partial charge in [0, 0.05) is 32.1 Å². The zero-order chi connectivity index (χ0) is 39.8. The molecule has 0 aliphatic rings. The maximum atomic E-state index is 12.4. The van der Waals surface area contributed by atoms with E-state index in [1.807, 2.05) is 5.43 Å². The summed E-state index contributed by atoms with van der Waals surface area (Å²) in [5.41, 5.74) is 8.38. The topological polar surface area (TPSA) is 304 Å². The molecule has 10 N–H and O–H groups in total. The Hall–Kier alpha value is -4.69. The predicted molar refractivity (Wildman–Crippen MR) is 189 cm³/mol. The molecule has 298 valence electrons. The summed E-state index contributed by atoms with van der Waals surface area (Å²) in [6.45, 7) is -3.64. The van der Waals surface area contributed by atoms with Gasteiger partial charge in [0.25, 0.3) is 5.91 Å². The molecular formula is C34H54N6O13. The monoisotopic (exact) mass is 754 g/mol. The van der Waals surface area contributed by atoms with E-state index in [0.29, 0.717) is 24.2 Å². The molecule has 0 aliphatic heterocycles. The number of nitrogens with one attached hydrogen (secondary N) is 1. The number of unbranched alkanes of at least 4 members (excludes halogenated alkanes) is 6. The number of amides is 1. The Labute approximate surface area is 307 Å². The molecule has 0 heterocycles. The highest BCUT2D eigenvalue weighted by Crippen LogP contribution is 2.17. The summed E-state index contributed by atoms with van der Waals surface area (Å²) in [6, 6.07) is 5.10. The van der Waals surface area contributed by atoms with Crippen LogP contribution < -0.4 is 21.7 Å². The molecule has 1 aromatic rings. The van der Waals surface area contributed by atoms with Crippen LogP contribution in [0.5, 0.6) is 5.75 Å². The minimum atomic E-state index is -1.31. The quantitative estimate of drug-likeness (QED) is 0.0203. The molecule has 19 heteroatoms. The van der Waals surface area contributed by atoms with Crippen molar-refractivity contribution in [2.24, 2.45) is 11.6 Å². The first kappa shape index (κ1) is 46.3. The Morgan fingerprint density at radius 2 is 1.13 bits per heavy atom. The number of carbonyl (C=O) groups excluding carboxylic acids is 2. The molecule has 0 bridgehead atoms. The first-order valence-corrected chi connectivity index (χ1v) is 17.4. The lowest BCUT2D eigenvalue weighted by Crippen LogP contribution is -2.51. The summed E-state index contributed by atoms with van der Waals surface area (Å²) in [7, 11) is 0. The molecule has 0 saturated carbocycles. The fraction of sp³-hybridized carbons (Fsp3) is 0.618. The number of carboxylic acid groups (broad SMARTS) is 5. The van der Waals surface area contributed by atoms with Crippen LogP contribution in [0, 0.1) is 0 Å². The summed E-state index contributed by atoms with van der Waals surface area (Å²) in [4.78, 5) is 84.8. The Bertz CT molecular complexity index is 1300. The van der Waals surface area contributed by atoms with E-state index in [-0.39, 0.29) is 44.4 Å². The van der Waals surface area contributed by atoms with Crippen LogP contribution in [0.1, 0.15) is 63.4 Å². The Morgan fingerprint density at radius 1 is 0.660 bits per heavy atom. The van der Waals surface area contributed by atoms with Gasteiger partial charge in [-0.25, -0.2) is 5.84 Å². The van der Waals surface area contributed by atoms with Crippen molar-refractivity contribution < 1.29 is 63.8 Å². The summed E-state index contributed by atoms with van der Waals surface area (Å²) in [5.74, 6) is -1.41. The number of aliphatic carboxylic acids is 5. The van der Waals surface area contributed by atoms with Crippen LogP contribution >= 0.6 is 0 Å². The normalized spacial score (nSPS) is 12.4. The number of Topliss-reactive ketones (excluding diaryl/α,β-unsaturated/α-hetero) is 1. The molecule has 2 unspecified atom stereocenters. The maximum Gasteiger partial charge on any atom is 0.317 e. The zero-order valence-corrected chi connectivity index (χ0v) is 29.9. The number of hydrogen-bond acceptors (Lipinski definition) is 13. The molecule has 1 amide bonds. The molecular weight excluding hydrogens is 700 g/mol. The van der Waals surface area contributed by atoms with Crippen LogP contribution in [-0.4, -0.2) is 153 Å². The lowest BCUT2D eigenvalue weighted by atomic mass is 10.0. The second-order valence-electron chi connectivity index (χ2n) is 12.8. The van der Waals surface area contributed by atoms with Crippen molar-refractivity contribution in [2.45, 2.75) is 76.3 Å². The molecule has 0 fully saturated rings. The maximum absolute atomic E-state index is 12.4. The molecule has 1 aromatic carbocycles. The first-order chi connectivity index (χ1) is 25.1. The number of nitrogens with zero attached hydrogens (tertiary/aromatic N) is 3. The average molecular weight is 755 g/mol. The molecule has 0 aromatic heterocycles. The number of rotatable bonds is 32. The van der Waals surface area contributed by atoms with Crippen molar-refractivity contribution >= 4 is 41.5 Å². The van der Waals surface area contributed by atoms with Crippen LogP contribution in [0.25, 0.3) is 0 Å². The molecule has 2 atom stereocenters. The zero-order valence-electron chi connectivity index (χ0n) is 29.9. The fourth-order valence-electron chi connectivity index (χ4n) is 5.61. The van der Waals surface area contributed by atoms with E-state index in [1.54, 1.807) is 24.3 Å². The van der Waals surface area contributed by atoms with Crippen LogP contribution in [0.15, 0.2) is 24.3 Å². The Morgan fingerprint density at radius 3 is 1.64 bits per heavy atom. The number of ketones is 1. The third kappa shape index (κ3) is 22.8. The number of nitrogens with two attached hydrogens (primary N) is 2. The van der Waals surface area contributed by atoms with Crippen molar-refractivity contribution in [2.75, 3.05) is 59.0 Å². The molecule has 0 saturated heterocycles. The first-order valence-electron chi connectivity index (χ1n) is 17.4. The molecule has 0 spiro atoms. The summed E-state index contributed by atoms with van der Waals surface area (Å²) >= 11 is 0. The lowest BCUT2D eigenvalue weighted by molar-refractivity contribution is -0.144. The van der Waals surface area contributed by atoms with E-state index < -0.39 is 74.7 Å². The third-order valence-corrected chi connectivity index (χ3v) is 8.22. The van der Waals surface area contributed by atoms with Crippen LogP contribution in [-0.2, 0) is 40.0 Å². The van der Waals surface area contributed by atoms with E-state index in [1.165, 1.54) is 9.80 Å². The number of carboxylic acids is 5. The number of ether oxygens (including phenoxy) is 1. The van der Waals surface area contributed by atoms with Crippen molar-refractivity contribution in [3.05, 3.63) is 29.8 Å². The smallest absolute Gasteiger partial charge is 0.317 e. The summed E-state index contributed by atoms with van der Waals surface area (Å²) < 4.78 is 5.64. The van der Waals surface area contributed by atoms with E-state index in [0.717, 1.165) is 49.8 Å². The van der Waals surface area contributed by atoms with Crippen LogP contribution in [0.3, 0.4) is 0 Å². The Kier molecular flexibility index (Phi) is 22.8. The van der Waals surface area contributed by atoms with Gasteiger partial charge in [-0.1, -0.05) is 50.7 Å². The Balaban J connectivity index is 2.79. The van der Waals surface area contributed by atoms with Crippen LogP contribution in [0.4, 0.5) is 0 Å². The van der Waals surface area contributed by atoms with E-state index in [9.17, 15) is 48.9 Å². The van der Waals surface area contributed by atoms with Gasteiger partial charge in [-0.3, -0.25) is 53.7 Å². The van der Waals surface area contributed by atoms with Gasteiger partial charge in [0.05, 0.1) is 38.8 Å². The van der Waals surface area contributed by atoms with Gasteiger partial charge < -0.3 is 36.0 Å². The minimum Gasteiger partial charge on any atom is -0.486 e. The van der Waals surface area contributed by atoms with Gasteiger partial charge in [0.15, 0.2) is 5.78 Å². The third-order valence-electron chi connectivity index (χ3n) is 8.22. The number of hydrogen-bond donors (Lipinski definition) is 8. The van der Waals surface area contributed by atoms with Crippen molar-refractivity contribution in [3.8, 4) is 5.75 Å². The highest BCUT2D eigenvalue weighted by atomic mass is 16.5. The van der Waals surface area contributed by atoms with Crippen LogP contribution in [0.2, 0.25) is 0 Å². The molecule has 53 heavy (non-hydrogen) atoms. The van der Waals surface area contributed by atoms with Gasteiger partial charge in [0.1, 0.15) is 12.4 Å². The van der Waals surface area contributed by atoms with Gasteiger partial charge in [0.2, 0.25) is 0 Å². The van der Waals surface area contributed by atoms with Crippen molar-refractivity contribution in [1.29, 1.82) is 0 Å².